The second kappa shape index (κ2) is 9.13. The maximum Gasteiger partial charge on any atom is 0.419 e. The van der Waals surface area contributed by atoms with Gasteiger partial charge in [-0.05, 0) is 42.7 Å². The number of sulfonamides is 1. The molecule has 4 aromatic rings. The quantitative estimate of drug-likeness (QED) is 0.408. The second-order valence-corrected chi connectivity index (χ2v) is 9.97. The molecule has 184 valence electrons. The molecule has 0 saturated heterocycles. The van der Waals surface area contributed by atoms with Gasteiger partial charge in [0.25, 0.3) is 0 Å². The van der Waals surface area contributed by atoms with Crippen molar-refractivity contribution in [2.75, 3.05) is 22.9 Å². The Balaban J connectivity index is 1.63. The number of pyridine rings is 1. The summed E-state index contributed by atoms with van der Waals surface area (Å²) in [6, 6.07) is 8.56. The standard InChI is InChI=1S/C22H22F3N7O2S/c1-31-13-28-18-11-15(7-9-19(18)31)29-21-27-12-16(22(23,24)25)17(30-21)8-6-14-5-4-10-26-20(14)32(2)35(3,33)34/h4-5,7,9-13H,6,8H2,1-3H3,(H,27,29,30). The first-order valence-electron chi connectivity index (χ1n) is 10.4. The Morgan fingerprint density at radius 1 is 1.11 bits per heavy atom. The first-order valence-corrected chi connectivity index (χ1v) is 12.3. The number of aryl methyl sites for hydroxylation is 3. The summed E-state index contributed by atoms with van der Waals surface area (Å²) >= 11 is 0. The van der Waals surface area contributed by atoms with Crippen LogP contribution < -0.4 is 9.62 Å². The minimum absolute atomic E-state index is 0.00273. The molecule has 35 heavy (non-hydrogen) atoms. The van der Waals surface area contributed by atoms with Gasteiger partial charge in [0.15, 0.2) is 0 Å². The number of anilines is 3. The van der Waals surface area contributed by atoms with Gasteiger partial charge in [0, 0.05) is 32.2 Å². The third-order valence-electron chi connectivity index (χ3n) is 5.45. The van der Waals surface area contributed by atoms with Gasteiger partial charge in [-0.2, -0.15) is 13.2 Å². The summed E-state index contributed by atoms with van der Waals surface area (Å²) in [6.07, 6.45) is 0.183. The molecule has 13 heteroatoms. The van der Waals surface area contributed by atoms with Gasteiger partial charge >= 0.3 is 6.18 Å². The predicted octanol–water partition coefficient (Wildman–Crippen LogP) is 3.70. The van der Waals surface area contributed by atoms with Gasteiger partial charge in [-0.15, -0.1) is 0 Å². The highest BCUT2D eigenvalue weighted by Gasteiger charge is 2.35. The molecule has 0 aliphatic carbocycles. The lowest BCUT2D eigenvalue weighted by Crippen LogP contribution is -2.27. The third-order valence-corrected chi connectivity index (χ3v) is 6.62. The number of hydrogen-bond acceptors (Lipinski definition) is 7. The largest absolute Gasteiger partial charge is 0.419 e. The average molecular weight is 506 g/mol. The Bertz CT molecular complexity index is 1490. The zero-order valence-electron chi connectivity index (χ0n) is 19.1. The van der Waals surface area contributed by atoms with Gasteiger partial charge in [0.1, 0.15) is 5.82 Å². The fourth-order valence-corrected chi connectivity index (χ4v) is 4.05. The highest BCUT2D eigenvalue weighted by atomic mass is 32.2. The highest BCUT2D eigenvalue weighted by Crippen LogP contribution is 2.32. The van der Waals surface area contributed by atoms with Crippen molar-refractivity contribution in [3.8, 4) is 0 Å². The molecule has 0 fully saturated rings. The van der Waals surface area contributed by atoms with Crippen LogP contribution in [0.3, 0.4) is 0 Å². The van der Waals surface area contributed by atoms with Crippen LogP contribution >= 0.6 is 0 Å². The van der Waals surface area contributed by atoms with E-state index in [1.165, 1.54) is 13.2 Å². The van der Waals surface area contributed by atoms with Gasteiger partial charge in [-0.1, -0.05) is 6.07 Å². The summed E-state index contributed by atoms with van der Waals surface area (Å²) in [5.41, 5.74) is 1.49. The van der Waals surface area contributed by atoms with Crippen molar-refractivity contribution >= 4 is 38.5 Å². The molecule has 0 amide bonds. The van der Waals surface area contributed by atoms with Crippen LogP contribution in [0.1, 0.15) is 16.8 Å². The minimum atomic E-state index is -4.65. The monoisotopic (exact) mass is 505 g/mol. The molecule has 0 aliphatic heterocycles. The van der Waals surface area contributed by atoms with Crippen LogP contribution in [-0.4, -0.2) is 46.2 Å². The van der Waals surface area contributed by atoms with Crippen molar-refractivity contribution in [3.05, 3.63) is 65.9 Å². The molecule has 3 aromatic heterocycles. The zero-order chi connectivity index (χ0) is 25.4. The maximum atomic E-state index is 13.7. The number of nitrogens with zero attached hydrogens (tertiary/aromatic N) is 6. The molecule has 0 unspecified atom stereocenters. The third kappa shape index (κ3) is 5.34. The maximum absolute atomic E-state index is 13.7. The van der Waals surface area contributed by atoms with Gasteiger partial charge < -0.3 is 9.88 Å². The first kappa shape index (κ1) is 24.4. The Morgan fingerprint density at radius 2 is 1.89 bits per heavy atom. The van der Waals surface area contributed by atoms with Gasteiger partial charge in [-0.25, -0.2) is 28.4 Å². The topological polar surface area (TPSA) is 106 Å². The lowest BCUT2D eigenvalue weighted by atomic mass is 10.1. The molecule has 3 heterocycles. The molecule has 1 N–H and O–H groups in total. The van der Waals surface area contributed by atoms with Crippen LogP contribution in [0, 0.1) is 0 Å². The normalized spacial score (nSPS) is 12.2. The summed E-state index contributed by atoms with van der Waals surface area (Å²) in [7, 11) is -0.403. The Morgan fingerprint density at radius 3 is 2.60 bits per heavy atom. The van der Waals surface area contributed by atoms with Crippen molar-refractivity contribution in [1.82, 2.24) is 24.5 Å². The number of imidazole rings is 1. The summed E-state index contributed by atoms with van der Waals surface area (Å²) in [4.78, 5) is 16.4. The number of fused-ring (bicyclic) bond motifs is 1. The van der Waals surface area contributed by atoms with Crippen LogP contribution in [0.4, 0.5) is 30.6 Å². The number of halogens is 3. The van der Waals surface area contributed by atoms with E-state index in [1.807, 2.05) is 17.7 Å². The summed E-state index contributed by atoms with van der Waals surface area (Å²) < 4.78 is 67.7. The van der Waals surface area contributed by atoms with Crippen molar-refractivity contribution in [2.24, 2.45) is 7.05 Å². The Kier molecular flexibility index (Phi) is 6.36. The number of rotatable bonds is 7. The van der Waals surface area contributed by atoms with E-state index in [0.29, 0.717) is 16.8 Å². The van der Waals surface area contributed by atoms with E-state index in [0.717, 1.165) is 22.3 Å². The fraction of sp³-hybridized carbons (Fsp3) is 0.273. The van der Waals surface area contributed by atoms with Crippen molar-refractivity contribution in [2.45, 2.75) is 19.0 Å². The molecule has 0 radical (unpaired) electrons. The van der Waals surface area contributed by atoms with Crippen molar-refractivity contribution in [1.29, 1.82) is 0 Å². The Hall–Kier alpha value is -3.74. The summed E-state index contributed by atoms with van der Waals surface area (Å²) in [6.45, 7) is 0. The fourth-order valence-electron chi connectivity index (χ4n) is 3.57. The van der Waals surface area contributed by atoms with E-state index >= 15 is 0 Å². The highest BCUT2D eigenvalue weighted by molar-refractivity contribution is 7.92. The molecule has 0 saturated carbocycles. The van der Waals surface area contributed by atoms with Gasteiger partial charge in [0.2, 0.25) is 16.0 Å². The summed E-state index contributed by atoms with van der Waals surface area (Å²) in [5, 5.41) is 2.93. The van der Waals surface area contributed by atoms with Crippen LogP contribution in [0.15, 0.2) is 49.1 Å². The zero-order valence-corrected chi connectivity index (χ0v) is 19.9. The van der Waals surface area contributed by atoms with Crippen LogP contribution in [-0.2, 0) is 36.1 Å². The number of alkyl halides is 3. The lowest BCUT2D eigenvalue weighted by Gasteiger charge is -2.19. The summed E-state index contributed by atoms with van der Waals surface area (Å²) in [5.74, 6) is 0.155. The molecule has 0 spiro atoms. The SMILES string of the molecule is CN(c1ncccc1CCc1nc(Nc2ccc3c(c2)ncn3C)ncc1C(F)(F)F)S(C)(=O)=O. The molecular weight excluding hydrogens is 483 g/mol. The molecule has 0 bridgehead atoms. The van der Waals surface area contributed by atoms with Gasteiger partial charge in [0.05, 0.1) is 34.9 Å². The van der Waals surface area contributed by atoms with Crippen molar-refractivity contribution < 1.29 is 21.6 Å². The van der Waals surface area contributed by atoms with E-state index in [-0.39, 0.29) is 30.3 Å². The van der Waals surface area contributed by atoms with E-state index in [2.05, 4.69) is 25.3 Å². The van der Waals surface area contributed by atoms with Crippen molar-refractivity contribution in [3.63, 3.8) is 0 Å². The average Bonchev–Trinajstić information content (AvgIpc) is 3.16. The van der Waals surface area contributed by atoms with Gasteiger partial charge in [-0.3, -0.25) is 4.31 Å². The number of hydrogen-bond donors (Lipinski definition) is 1. The molecule has 0 atom stereocenters. The molecule has 1 aromatic carbocycles. The van der Waals surface area contributed by atoms with E-state index in [1.54, 1.807) is 30.6 Å². The molecule has 4 rings (SSSR count). The molecule has 9 nitrogen and oxygen atoms in total. The lowest BCUT2D eigenvalue weighted by molar-refractivity contribution is -0.138. The second-order valence-electron chi connectivity index (χ2n) is 7.95. The predicted molar refractivity (Wildman–Crippen MR) is 126 cm³/mol. The molecule has 0 aliphatic rings. The number of benzene rings is 1. The smallest absolute Gasteiger partial charge is 0.334 e. The van der Waals surface area contributed by atoms with Crippen LogP contribution in [0.5, 0.6) is 0 Å². The molecular formula is C22H22F3N7O2S. The van der Waals surface area contributed by atoms with Crippen LogP contribution in [0.2, 0.25) is 0 Å². The van der Waals surface area contributed by atoms with E-state index < -0.39 is 21.8 Å². The number of nitrogens with one attached hydrogen (secondary N) is 1. The van der Waals surface area contributed by atoms with E-state index in [4.69, 9.17) is 0 Å². The van der Waals surface area contributed by atoms with Crippen LogP contribution in [0.25, 0.3) is 11.0 Å². The first-order chi connectivity index (χ1) is 16.4. The number of aromatic nitrogens is 5. The van der Waals surface area contributed by atoms with E-state index in [9.17, 15) is 21.6 Å². The minimum Gasteiger partial charge on any atom is -0.334 e. The Labute approximate surface area is 199 Å².